The summed E-state index contributed by atoms with van der Waals surface area (Å²) in [5.41, 5.74) is 1.01. The molecule has 3 nitrogen and oxygen atoms in total. The summed E-state index contributed by atoms with van der Waals surface area (Å²) in [4.78, 5) is 2.40. The van der Waals surface area contributed by atoms with E-state index in [1.165, 1.54) is 0 Å². The Morgan fingerprint density at radius 2 is 2.05 bits per heavy atom. The first kappa shape index (κ1) is 15.5. The summed E-state index contributed by atoms with van der Waals surface area (Å²) in [6.45, 7) is 6.98. The molecule has 1 aromatic carbocycles. The fraction of sp³-hybridized carbons (Fsp3) is 0.647. The maximum absolute atomic E-state index is 10.7. The van der Waals surface area contributed by atoms with E-state index in [-0.39, 0.29) is 6.04 Å². The number of nitrogens with zero attached hydrogens (tertiary/aromatic N) is 1. The third-order valence-electron chi connectivity index (χ3n) is 4.20. The Kier molecular flexibility index (Phi) is 6.02. The molecule has 0 aromatic heterocycles. The molecule has 3 heteroatoms. The summed E-state index contributed by atoms with van der Waals surface area (Å²) < 4.78 is 5.77. The molecule has 0 bridgehead atoms. The van der Waals surface area contributed by atoms with Gasteiger partial charge in [-0.25, -0.2) is 0 Å². The fourth-order valence-electron chi connectivity index (χ4n) is 3.19. The van der Waals surface area contributed by atoms with Crippen molar-refractivity contribution in [2.24, 2.45) is 0 Å². The minimum Gasteiger partial charge on any atom is -0.387 e. The van der Waals surface area contributed by atoms with E-state index in [4.69, 9.17) is 4.74 Å². The fourth-order valence-corrected chi connectivity index (χ4v) is 3.19. The van der Waals surface area contributed by atoms with Crippen molar-refractivity contribution in [2.45, 2.75) is 51.4 Å². The van der Waals surface area contributed by atoms with Crippen molar-refractivity contribution in [3.05, 3.63) is 35.9 Å². The minimum absolute atomic E-state index is 0.181. The molecule has 1 aliphatic heterocycles. The summed E-state index contributed by atoms with van der Waals surface area (Å²) in [5.74, 6) is 0. The molecule has 0 aliphatic carbocycles. The first-order valence-corrected chi connectivity index (χ1v) is 7.84. The highest BCUT2D eigenvalue weighted by atomic mass is 16.5. The van der Waals surface area contributed by atoms with E-state index in [9.17, 15) is 5.11 Å². The van der Waals surface area contributed by atoms with Gasteiger partial charge in [0.25, 0.3) is 0 Å². The zero-order chi connectivity index (χ0) is 14.4. The monoisotopic (exact) mass is 277 g/mol. The largest absolute Gasteiger partial charge is 0.387 e. The summed E-state index contributed by atoms with van der Waals surface area (Å²) in [6, 6.07) is 10.2. The average molecular weight is 277 g/mol. The van der Waals surface area contributed by atoms with Crippen LogP contribution in [-0.2, 0) is 4.74 Å². The third kappa shape index (κ3) is 3.81. The van der Waals surface area contributed by atoms with Crippen LogP contribution in [0, 0.1) is 0 Å². The molecular formula is C17H27NO2. The van der Waals surface area contributed by atoms with Crippen molar-refractivity contribution < 1.29 is 9.84 Å². The molecule has 1 N–H and O–H groups in total. The Labute approximate surface area is 122 Å². The van der Waals surface area contributed by atoms with Crippen LogP contribution >= 0.6 is 0 Å². The zero-order valence-corrected chi connectivity index (χ0v) is 12.7. The zero-order valence-electron chi connectivity index (χ0n) is 12.7. The lowest BCUT2D eigenvalue weighted by atomic mass is 9.96. The molecular weight excluding hydrogens is 250 g/mol. The molecule has 1 aliphatic rings. The topological polar surface area (TPSA) is 32.7 Å². The van der Waals surface area contributed by atoms with Crippen molar-refractivity contribution in [1.29, 1.82) is 0 Å². The van der Waals surface area contributed by atoms with Crippen molar-refractivity contribution in [3.8, 4) is 0 Å². The van der Waals surface area contributed by atoms with Gasteiger partial charge >= 0.3 is 0 Å². The highest BCUT2D eigenvalue weighted by molar-refractivity contribution is 5.19. The molecule has 1 heterocycles. The van der Waals surface area contributed by atoms with Crippen LogP contribution in [0.1, 0.15) is 44.8 Å². The van der Waals surface area contributed by atoms with Gasteiger partial charge in [0.2, 0.25) is 0 Å². The lowest BCUT2D eigenvalue weighted by molar-refractivity contribution is -0.0343. The number of ether oxygens (including phenoxy) is 1. The predicted molar refractivity (Wildman–Crippen MR) is 81.7 cm³/mol. The van der Waals surface area contributed by atoms with Crippen molar-refractivity contribution in [1.82, 2.24) is 4.90 Å². The number of aliphatic hydroxyl groups excluding tert-OH is 1. The van der Waals surface area contributed by atoms with E-state index in [0.717, 1.165) is 44.5 Å². The second-order valence-corrected chi connectivity index (χ2v) is 5.55. The predicted octanol–water partition coefficient (Wildman–Crippen LogP) is 3.00. The first-order valence-electron chi connectivity index (χ1n) is 7.84. The standard InChI is InChI=1S/C17H27NO2/c1-3-16(17(19)14-9-6-5-7-10-14)18-12-8-11-15(13-18)20-4-2/h5-7,9-10,15-17,19H,3-4,8,11-13H2,1-2H3. The maximum atomic E-state index is 10.7. The molecule has 0 amide bonds. The van der Waals surface area contributed by atoms with Gasteiger partial charge in [0.15, 0.2) is 0 Å². The Morgan fingerprint density at radius 3 is 2.70 bits per heavy atom. The van der Waals surface area contributed by atoms with Gasteiger partial charge in [-0.15, -0.1) is 0 Å². The van der Waals surface area contributed by atoms with Gasteiger partial charge < -0.3 is 9.84 Å². The van der Waals surface area contributed by atoms with Crippen LogP contribution in [-0.4, -0.2) is 41.8 Å². The molecule has 3 atom stereocenters. The lowest BCUT2D eigenvalue weighted by Crippen LogP contribution is -2.47. The highest BCUT2D eigenvalue weighted by Gasteiger charge is 2.30. The summed E-state index contributed by atoms with van der Waals surface area (Å²) in [7, 11) is 0. The van der Waals surface area contributed by atoms with E-state index in [0.29, 0.717) is 6.10 Å². The SMILES string of the molecule is CCOC1CCCN(C(CC)C(O)c2ccccc2)C1. The molecule has 0 radical (unpaired) electrons. The average Bonchev–Trinajstić information content (AvgIpc) is 2.49. The number of aliphatic hydroxyl groups is 1. The molecule has 112 valence electrons. The molecule has 0 spiro atoms. The van der Waals surface area contributed by atoms with E-state index in [1.807, 2.05) is 30.3 Å². The van der Waals surface area contributed by atoms with Crippen LogP contribution in [0.4, 0.5) is 0 Å². The van der Waals surface area contributed by atoms with Gasteiger partial charge in [-0.05, 0) is 38.3 Å². The molecule has 0 saturated carbocycles. The normalized spacial score (nSPS) is 23.4. The van der Waals surface area contributed by atoms with Crippen LogP contribution in [0.15, 0.2) is 30.3 Å². The van der Waals surface area contributed by atoms with Crippen LogP contribution in [0.3, 0.4) is 0 Å². The molecule has 1 saturated heterocycles. The molecule has 1 fully saturated rings. The smallest absolute Gasteiger partial charge is 0.0945 e. The molecule has 2 rings (SSSR count). The van der Waals surface area contributed by atoms with Crippen molar-refractivity contribution >= 4 is 0 Å². The van der Waals surface area contributed by atoms with Gasteiger partial charge in [0.1, 0.15) is 0 Å². The van der Waals surface area contributed by atoms with Crippen LogP contribution in [0.5, 0.6) is 0 Å². The summed E-state index contributed by atoms with van der Waals surface area (Å²) in [6.07, 6.45) is 3.16. The number of hydrogen-bond acceptors (Lipinski definition) is 3. The van der Waals surface area contributed by atoms with Gasteiger partial charge in [-0.2, -0.15) is 0 Å². The summed E-state index contributed by atoms with van der Waals surface area (Å²) in [5, 5.41) is 10.7. The molecule has 3 unspecified atom stereocenters. The van der Waals surface area contributed by atoms with Crippen molar-refractivity contribution in [2.75, 3.05) is 19.7 Å². The first-order chi connectivity index (χ1) is 9.76. The Bertz CT molecular complexity index is 380. The Hall–Kier alpha value is -0.900. The van der Waals surface area contributed by atoms with Crippen molar-refractivity contribution in [3.63, 3.8) is 0 Å². The van der Waals surface area contributed by atoms with Crippen LogP contribution < -0.4 is 0 Å². The lowest BCUT2D eigenvalue weighted by Gasteiger charge is -2.39. The molecule has 20 heavy (non-hydrogen) atoms. The third-order valence-corrected chi connectivity index (χ3v) is 4.20. The molecule has 1 aromatic rings. The van der Waals surface area contributed by atoms with Gasteiger partial charge in [0, 0.05) is 19.2 Å². The van der Waals surface area contributed by atoms with E-state index < -0.39 is 6.10 Å². The van der Waals surface area contributed by atoms with E-state index >= 15 is 0 Å². The number of hydrogen-bond donors (Lipinski definition) is 1. The van der Waals surface area contributed by atoms with Gasteiger partial charge in [-0.3, -0.25) is 4.90 Å². The second-order valence-electron chi connectivity index (χ2n) is 5.55. The second kappa shape index (κ2) is 7.77. The van der Waals surface area contributed by atoms with Gasteiger partial charge in [-0.1, -0.05) is 37.3 Å². The number of piperidine rings is 1. The minimum atomic E-state index is -0.415. The number of benzene rings is 1. The Balaban J connectivity index is 2.03. The quantitative estimate of drug-likeness (QED) is 0.867. The Morgan fingerprint density at radius 1 is 1.30 bits per heavy atom. The van der Waals surface area contributed by atoms with Crippen LogP contribution in [0.25, 0.3) is 0 Å². The van der Waals surface area contributed by atoms with Gasteiger partial charge in [0.05, 0.1) is 12.2 Å². The van der Waals surface area contributed by atoms with E-state index in [2.05, 4.69) is 18.7 Å². The number of rotatable bonds is 6. The van der Waals surface area contributed by atoms with Crippen LogP contribution in [0.2, 0.25) is 0 Å². The van der Waals surface area contributed by atoms with E-state index in [1.54, 1.807) is 0 Å². The highest BCUT2D eigenvalue weighted by Crippen LogP contribution is 2.26. The number of likely N-dealkylation sites (tertiary alicyclic amines) is 1. The summed E-state index contributed by atoms with van der Waals surface area (Å²) >= 11 is 0. The maximum Gasteiger partial charge on any atom is 0.0945 e.